The van der Waals surface area contributed by atoms with Gasteiger partial charge in [-0.25, -0.2) is 4.79 Å². The van der Waals surface area contributed by atoms with Crippen LogP contribution >= 0.6 is 23.5 Å². The van der Waals surface area contributed by atoms with Crippen molar-refractivity contribution in [1.82, 2.24) is 5.32 Å². The number of amides is 1. The van der Waals surface area contributed by atoms with Gasteiger partial charge in [0.25, 0.3) is 5.91 Å². The molecule has 2 N–H and O–H groups in total. The predicted molar refractivity (Wildman–Crippen MR) is 92.6 cm³/mol. The minimum atomic E-state index is -1.05. The molecule has 1 amide bonds. The average Bonchev–Trinajstić information content (AvgIpc) is 2.18. The number of hydrogen-bond donors (Lipinski definition) is 2. The first-order valence-corrected chi connectivity index (χ1v) is 8.58. The molecule has 0 aliphatic carbocycles. The summed E-state index contributed by atoms with van der Waals surface area (Å²) in [6, 6.07) is 0. The van der Waals surface area contributed by atoms with Gasteiger partial charge in [0.05, 0.1) is 4.91 Å². The highest BCUT2D eigenvalue weighted by Gasteiger charge is 2.29. The maximum Gasteiger partial charge on any atom is 0.343 e. The molecule has 122 valence electrons. The van der Waals surface area contributed by atoms with Gasteiger partial charge in [-0.1, -0.05) is 34.6 Å². The molecule has 0 saturated heterocycles. The third-order valence-corrected chi connectivity index (χ3v) is 4.28. The first kappa shape index (κ1) is 20.4. The molecular formula is C15H27NO3S2. The van der Waals surface area contributed by atoms with Crippen LogP contribution < -0.4 is 5.32 Å². The van der Waals surface area contributed by atoms with E-state index >= 15 is 0 Å². The van der Waals surface area contributed by atoms with Crippen molar-refractivity contribution < 1.29 is 14.7 Å². The molecule has 0 rings (SSSR count). The number of carbonyl (C=O) groups is 2. The van der Waals surface area contributed by atoms with Crippen molar-refractivity contribution in [3.63, 3.8) is 0 Å². The summed E-state index contributed by atoms with van der Waals surface area (Å²) in [6.45, 7) is 15.3. The zero-order chi connectivity index (χ0) is 17.0. The van der Waals surface area contributed by atoms with Crippen LogP contribution in [0.3, 0.4) is 0 Å². The van der Waals surface area contributed by atoms with Crippen LogP contribution in [0.25, 0.3) is 0 Å². The Morgan fingerprint density at radius 2 is 1.48 bits per heavy atom. The number of carboxylic acids is 1. The van der Waals surface area contributed by atoms with Gasteiger partial charge in [0.1, 0.15) is 4.91 Å². The van der Waals surface area contributed by atoms with Crippen LogP contribution in [-0.2, 0) is 9.59 Å². The summed E-state index contributed by atoms with van der Waals surface area (Å²) in [5.74, 6) is -1.38. The van der Waals surface area contributed by atoms with Crippen LogP contribution in [0, 0.1) is 0 Å². The van der Waals surface area contributed by atoms with Gasteiger partial charge in [0, 0.05) is 15.5 Å². The van der Waals surface area contributed by atoms with Crippen LogP contribution in [0.2, 0.25) is 0 Å². The summed E-state index contributed by atoms with van der Waals surface area (Å²) >= 11 is 2.50. The molecule has 0 aromatic rings. The fourth-order valence-electron chi connectivity index (χ4n) is 1.34. The minimum Gasteiger partial charge on any atom is -0.477 e. The third-order valence-electron chi connectivity index (χ3n) is 1.86. The molecule has 0 aromatic heterocycles. The topological polar surface area (TPSA) is 66.4 Å². The second kappa shape index (κ2) is 7.58. The van der Waals surface area contributed by atoms with Crippen molar-refractivity contribution in [3.05, 3.63) is 9.81 Å². The first-order chi connectivity index (χ1) is 9.23. The highest BCUT2D eigenvalue weighted by atomic mass is 32.2. The van der Waals surface area contributed by atoms with E-state index in [0.29, 0.717) is 0 Å². The lowest BCUT2D eigenvalue weighted by Gasteiger charge is -2.25. The van der Waals surface area contributed by atoms with Crippen LogP contribution in [-0.4, -0.2) is 32.5 Å². The van der Waals surface area contributed by atoms with E-state index in [2.05, 4.69) is 5.32 Å². The van der Waals surface area contributed by atoms with E-state index in [1.807, 2.05) is 55.4 Å². The van der Waals surface area contributed by atoms with E-state index in [1.54, 1.807) is 0 Å². The molecule has 0 aromatic carbocycles. The Balaban J connectivity index is 5.75. The second-order valence-corrected chi connectivity index (χ2v) is 10.5. The lowest BCUT2D eigenvalue weighted by Crippen LogP contribution is -2.41. The molecule has 0 aliphatic heterocycles. The predicted octanol–water partition coefficient (Wildman–Crippen LogP) is 3.87. The van der Waals surface area contributed by atoms with Crippen LogP contribution in [0.1, 0.15) is 55.4 Å². The van der Waals surface area contributed by atoms with Gasteiger partial charge in [0.2, 0.25) is 0 Å². The summed E-state index contributed by atoms with van der Waals surface area (Å²) in [5.41, 5.74) is -0.410. The van der Waals surface area contributed by atoms with Crippen molar-refractivity contribution in [2.75, 3.05) is 0 Å². The van der Waals surface area contributed by atoms with Gasteiger partial charge in [-0.15, -0.1) is 23.5 Å². The number of thioether (sulfide) groups is 2. The summed E-state index contributed by atoms with van der Waals surface area (Å²) in [4.78, 5) is 24.5. The largest absolute Gasteiger partial charge is 0.477 e. The number of nitrogens with one attached hydrogen (secondary N) is 1. The Labute approximate surface area is 136 Å². The lowest BCUT2D eigenvalue weighted by atomic mass is 10.1. The Bertz CT molecular complexity index is 429. The molecule has 0 spiro atoms. The van der Waals surface area contributed by atoms with E-state index in [1.165, 1.54) is 23.5 Å². The van der Waals surface area contributed by atoms with Crippen LogP contribution in [0.15, 0.2) is 9.81 Å². The zero-order valence-electron chi connectivity index (χ0n) is 14.2. The van der Waals surface area contributed by atoms with Gasteiger partial charge in [-0.2, -0.15) is 0 Å². The fraction of sp³-hybridized carbons (Fsp3) is 0.733. The molecule has 6 heteroatoms. The molecule has 0 saturated carbocycles. The molecule has 0 aliphatic rings. The Kier molecular flexibility index (Phi) is 7.36. The van der Waals surface area contributed by atoms with Gasteiger partial charge in [0.15, 0.2) is 0 Å². The quantitative estimate of drug-likeness (QED) is 0.748. The van der Waals surface area contributed by atoms with E-state index in [-0.39, 0.29) is 25.7 Å². The molecule has 21 heavy (non-hydrogen) atoms. The molecule has 4 nitrogen and oxygen atoms in total. The number of aliphatic carboxylic acids is 1. The lowest BCUT2D eigenvalue weighted by molar-refractivity contribution is -0.132. The van der Waals surface area contributed by atoms with Crippen molar-refractivity contribution in [3.8, 4) is 0 Å². The SMILES string of the molecule is CC(C)S/C(C(=O)O)=C(\SC(C)(C)C)C(=O)NC(C)(C)C. The van der Waals surface area contributed by atoms with E-state index in [0.717, 1.165) is 0 Å². The van der Waals surface area contributed by atoms with Crippen molar-refractivity contribution >= 4 is 35.4 Å². The average molecular weight is 334 g/mol. The molecule has 0 fully saturated rings. The molecule has 0 bridgehead atoms. The highest BCUT2D eigenvalue weighted by molar-refractivity contribution is 8.08. The minimum absolute atomic E-state index is 0.0918. The Hall–Kier alpha value is -0.620. The van der Waals surface area contributed by atoms with Crippen LogP contribution in [0.5, 0.6) is 0 Å². The molecule has 0 heterocycles. The fourth-order valence-corrected chi connectivity index (χ4v) is 3.31. The van der Waals surface area contributed by atoms with Crippen molar-refractivity contribution in [1.29, 1.82) is 0 Å². The zero-order valence-corrected chi connectivity index (χ0v) is 15.8. The molecule has 0 unspecified atom stereocenters. The van der Waals surface area contributed by atoms with Crippen molar-refractivity contribution in [2.24, 2.45) is 0 Å². The van der Waals surface area contributed by atoms with E-state index < -0.39 is 11.5 Å². The highest BCUT2D eigenvalue weighted by Crippen LogP contribution is 2.38. The maximum absolute atomic E-state index is 12.5. The van der Waals surface area contributed by atoms with E-state index in [4.69, 9.17) is 0 Å². The van der Waals surface area contributed by atoms with Gasteiger partial charge >= 0.3 is 5.97 Å². The second-order valence-electron chi connectivity index (χ2n) is 7.05. The number of hydrogen-bond acceptors (Lipinski definition) is 4. The third kappa shape index (κ3) is 9.09. The summed E-state index contributed by atoms with van der Waals surface area (Å²) in [7, 11) is 0. The smallest absolute Gasteiger partial charge is 0.343 e. The van der Waals surface area contributed by atoms with E-state index in [9.17, 15) is 14.7 Å². The van der Waals surface area contributed by atoms with Crippen molar-refractivity contribution in [2.45, 2.75) is 70.9 Å². The number of carboxylic acid groups (broad SMARTS) is 1. The molecule has 0 radical (unpaired) electrons. The van der Waals surface area contributed by atoms with Gasteiger partial charge < -0.3 is 10.4 Å². The summed E-state index contributed by atoms with van der Waals surface area (Å²) in [5, 5.41) is 12.4. The maximum atomic E-state index is 12.5. The van der Waals surface area contributed by atoms with Gasteiger partial charge in [-0.3, -0.25) is 4.79 Å². The molecular weight excluding hydrogens is 306 g/mol. The standard InChI is InChI=1S/C15H27NO3S2/c1-9(2)20-11(13(18)19)10(21-15(6,7)8)12(17)16-14(3,4)5/h9H,1-8H3,(H,16,17)(H,18,19)/b11-10-. The monoisotopic (exact) mass is 333 g/mol. The number of carbonyl (C=O) groups excluding carboxylic acids is 1. The summed E-state index contributed by atoms with van der Waals surface area (Å²) < 4.78 is -0.247. The Morgan fingerprint density at radius 3 is 1.76 bits per heavy atom. The molecule has 0 atom stereocenters. The first-order valence-electron chi connectivity index (χ1n) is 6.88. The normalized spacial score (nSPS) is 14.0. The van der Waals surface area contributed by atoms with Gasteiger partial charge in [-0.05, 0) is 20.8 Å². The number of rotatable bonds is 5. The van der Waals surface area contributed by atoms with Crippen LogP contribution in [0.4, 0.5) is 0 Å². The summed E-state index contributed by atoms with van der Waals surface area (Å²) in [6.07, 6.45) is 0. The Morgan fingerprint density at radius 1 is 1.00 bits per heavy atom.